The zero-order valence-electron chi connectivity index (χ0n) is 5.43. The first-order chi connectivity index (χ1) is 4.63. The van der Waals surface area contributed by atoms with Crippen molar-refractivity contribution in [1.29, 1.82) is 0 Å². The summed E-state index contributed by atoms with van der Waals surface area (Å²) in [5.41, 5.74) is 0.502. The first-order valence-corrected chi connectivity index (χ1v) is 3.17. The number of phenols is 2. The van der Waals surface area contributed by atoms with Gasteiger partial charge in [-0.1, -0.05) is 11.6 Å². The summed E-state index contributed by atoms with van der Waals surface area (Å²) in [7, 11) is 0. The summed E-state index contributed by atoms with van der Waals surface area (Å²) in [5, 5.41) is 18.2. The number of rotatable bonds is 0. The molecule has 0 saturated heterocycles. The van der Waals surface area contributed by atoms with Crippen molar-refractivity contribution in [2.75, 3.05) is 0 Å². The Morgan fingerprint density at radius 3 is 2.20 bits per heavy atom. The highest BCUT2D eigenvalue weighted by molar-refractivity contribution is 6.32. The first kappa shape index (κ1) is 7.22. The number of halogens is 1. The van der Waals surface area contributed by atoms with Crippen molar-refractivity contribution in [2.24, 2.45) is 0 Å². The van der Waals surface area contributed by atoms with E-state index in [2.05, 4.69) is 0 Å². The molecular formula is C7H7ClO2. The minimum absolute atomic E-state index is 0.00281. The van der Waals surface area contributed by atoms with Crippen LogP contribution in [0, 0.1) is 6.92 Å². The Bertz CT molecular complexity index is 231. The quantitative estimate of drug-likeness (QED) is 0.568. The van der Waals surface area contributed by atoms with Gasteiger partial charge in [0.25, 0.3) is 0 Å². The van der Waals surface area contributed by atoms with Crippen molar-refractivity contribution >= 4 is 11.6 Å². The summed E-state index contributed by atoms with van der Waals surface area (Å²) in [6, 6.07) is 2.75. The van der Waals surface area contributed by atoms with Gasteiger partial charge < -0.3 is 10.2 Å². The monoisotopic (exact) mass is 158 g/mol. The van der Waals surface area contributed by atoms with E-state index < -0.39 is 0 Å². The van der Waals surface area contributed by atoms with Gasteiger partial charge in [-0.3, -0.25) is 0 Å². The van der Waals surface area contributed by atoms with Gasteiger partial charge in [-0.05, 0) is 19.1 Å². The zero-order valence-corrected chi connectivity index (χ0v) is 6.18. The lowest BCUT2D eigenvalue weighted by molar-refractivity contribution is 0.457. The van der Waals surface area contributed by atoms with Crippen LogP contribution in [0.5, 0.6) is 11.5 Å². The molecule has 1 rings (SSSR count). The average molecular weight is 159 g/mol. The van der Waals surface area contributed by atoms with Crippen LogP contribution in [0.4, 0.5) is 0 Å². The molecule has 1 aromatic rings. The number of hydrogen-bond donors (Lipinski definition) is 2. The van der Waals surface area contributed by atoms with Crippen LogP contribution >= 0.6 is 11.6 Å². The molecule has 0 fully saturated rings. The van der Waals surface area contributed by atoms with Gasteiger partial charge in [0.05, 0.1) is 5.02 Å². The van der Waals surface area contributed by atoms with Crippen molar-refractivity contribution in [2.45, 2.75) is 6.92 Å². The summed E-state index contributed by atoms with van der Waals surface area (Å²) in [5.74, 6) is 0.0970. The van der Waals surface area contributed by atoms with Crippen LogP contribution in [0.15, 0.2) is 12.1 Å². The van der Waals surface area contributed by atoms with Crippen molar-refractivity contribution in [1.82, 2.24) is 0 Å². The second-order valence-corrected chi connectivity index (χ2v) is 2.42. The number of benzene rings is 1. The molecule has 0 aliphatic carbocycles. The topological polar surface area (TPSA) is 40.5 Å². The fourth-order valence-electron chi connectivity index (χ4n) is 0.661. The summed E-state index contributed by atoms with van der Waals surface area (Å²) in [6.07, 6.45) is 0. The van der Waals surface area contributed by atoms with Gasteiger partial charge in [0.15, 0.2) is 0 Å². The number of phenolic OH excluding ortho intramolecular Hbond substituents is 2. The van der Waals surface area contributed by atoms with Gasteiger partial charge >= 0.3 is 0 Å². The number of aromatic hydroxyl groups is 2. The number of hydrogen-bond acceptors (Lipinski definition) is 2. The van der Waals surface area contributed by atoms with Gasteiger partial charge in [-0.15, -0.1) is 0 Å². The van der Waals surface area contributed by atoms with Crippen molar-refractivity contribution in [3.8, 4) is 11.5 Å². The Kier molecular flexibility index (Phi) is 1.72. The molecule has 1 aromatic carbocycles. The Labute approximate surface area is 63.7 Å². The molecule has 0 aliphatic heterocycles. The Balaban J connectivity index is 3.34. The van der Waals surface area contributed by atoms with Crippen LogP contribution in [0.3, 0.4) is 0 Å². The molecule has 0 aromatic heterocycles. The van der Waals surface area contributed by atoms with Crippen LogP contribution in [-0.4, -0.2) is 10.2 Å². The van der Waals surface area contributed by atoms with E-state index in [4.69, 9.17) is 21.8 Å². The van der Waals surface area contributed by atoms with E-state index >= 15 is 0 Å². The molecule has 0 atom stereocenters. The fraction of sp³-hybridized carbons (Fsp3) is 0.143. The third kappa shape index (κ3) is 1.02. The molecule has 0 aliphatic rings. The van der Waals surface area contributed by atoms with Crippen LogP contribution < -0.4 is 0 Å². The van der Waals surface area contributed by atoms with Crippen LogP contribution in [-0.2, 0) is 0 Å². The first-order valence-electron chi connectivity index (χ1n) is 2.80. The molecule has 10 heavy (non-hydrogen) atoms. The predicted molar refractivity (Wildman–Crippen MR) is 39.5 cm³/mol. The fourth-order valence-corrected chi connectivity index (χ4v) is 0.820. The van der Waals surface area contributed by atoms with E-state index in [0.29, 0.717) is 5.56 Å². The third-order valence-corrected chi connectivity index (χ3v) is 1.81. The van der Waals surface area contributed by atoms with E-state index in [9.17, 15) is 0 Å². The summed E-state index contributed by atoms with van der Waals surface area (Å²) >= 11 is 5.57. The molecule has 0 spiro atoms. The van der Waals surface area contributed by atoms with Gasteiger partial charge in [-0.25, -0.2) is 0 Å². The predicted octanol–water partition coefficient (Wildman–Crippen LogP) is 2.06. The normalized spacial score (nSPS) is 9.80. The second kappa shape index (κ2) is 2.39. The highest BCUT2D eigenvalue weighted by atomic mass is 35.5. The molecule has 0 radical (unpaired) electrons. The van der Waals surface area contributed by atoms with E-state index in [1.807, 2.05) is 0 Å². The molecule has 54 valence electrons. The third-order valence-electron chi connectivity index (χ3n) is 1.34. The van der Waals surface area contributed by atoms with Crippen molar-refractivity contribution in [3.63, 3.8) is 0 Å². The van der Waals surface area contributed by atoms with Gasteiger partial charge in [0.2, 0.25) is 0 Å². The van der Waals surface area contributed by atoms with Gasteiger partial charge in [0.1, 0.15) is 11.5 Å². The maximum absolute atomic E-state index is 9.03. The maximum Gasteiger partial charge on any atom is 0.134 e. The SMILES string of the molecule is Cc1c(O)ccc(O)c1Cl. The van der Waals surface area contributed by atoms with E-state index in [1.165, 1.54) is 12.1 Å². The molecule has 0 saturated carbocycles. The molecule has 0 heterocycles. The van der Waals surface area contributed by atoms with Crippen LogP contribution in [0.2, 0.25) is 5.02 Å². The Hall–Kier alpha value is -0.890. The molecule has 0 amide bonds. The van der Waals surface area contributed by atoms with Crippen molar-refractivity contribution < 1.29 is 10.2 Å². The largest absolute Gasteiger partial charge is 0.508 e. The molecule has 0 unspecified atom stereocenters. The maximum atomic E-state index is 9.03. The van der Waals surface area contributed by atoms with E-state index in [-0.39, 0.29) is 16.5 Å². The van der Waals surface area contributed by atoms with Crippen molar-refractivity contribution in [3.05, 3.63) is 22.7 Å². The second-order valence-electron chi connectivity index (χ2n) is 2.04. The van der Waals surface area contributed by atoms with Crippen LogP contribution in [0.25, 0.3) is 0 Å². The molecular weight excluding hydrogens is 152 g/mol. The molecule has 2 N–H and O–H groups in total. The van der Waals surface area contributed by atoms with Gasteiger partial charge in [0, 0.05) is 5.56 Å². The lowest BCUT2D eigenvalue weighted by Crippen LogP contribution is -1.76. The Morgan fingerprint density at radius 1 is 1.20 bits per heavy atom. The minimum atomic E-state index is -0.00281. The van der Waals surface area contributed by atoms with E-state index in [1.54, 1.807) is 6.92 Å². The standard InChI is InChI=1S/C7H7ClO2/c1-4-5(9)2-3-6(10)7(4)8/h2-3,9-10H,1H3. The highest BCUT2D eigenvalue weighted by Crippen LogP contribution is 2.31. The van der Waals surface area contributed by atoms with E-state index in [0.717, 1.165) is 0 Å². The molecule has 3 heteroatoms. The summed E-state index contributed by atoms with van der Waals surface area (Å²) < 4.78 is 0. The van der Waals surface area contributed by atoms with Crippen LogP contribution in [0.1, 0.15) is 5.56 Å². The minimum Gasteiger partial charge on any atom is -0.508 e. The highest BCUT2D eigenvalue weighted by Gasteiger charge is 2.04. The lowest BCUT2D eigenvalue weighted by Gasteiger charge is -2.01. The Morgan fingerprint density at radius 2 is 1.70 bits per heavy atom. The average Bonchev–Trinajstić information content (AvgIpc) is 1.93. The molecule has 0 bridgehead atoms. The lowest BCUT2D eigenvalue weighted by atomic mass is 10.2. The smallest absolute Gasteiger partial charge is 0.134 e. The van der Waals surface area contributed by atoms with Gasteiger partial charge in [-0.2, -0.15) is 0 Å². The summed E-state index contributed by atoms with van der Waals surface area (Å²) in [6.45, 7) is 1.64. The molecule has 2 nitrogen and oxygen atoms in total. The zero-order chi connectivity index (χ0) is 7.72. The summed E-state index contributed by atoms with van der Waals surface area (Å²) in [4.78, 5) is 0.